The normalized spacial score (nSPS) is 9.20. The molecule has 4 nitrogen and oxygen atoms in total. The molecule has 1 aromatic rings. The van der Waals surface area contributed by atoms with Crippen molar-refractivity contribution in [3.63, 3.8) is 0 Å². The lowest BCUT2D eigenvalue weighted by molar-refractivity contribution is 0.339. The summed E-state index contributed by atoms with van der Waals surface area (Å²) in [6.07, 6.45) is 2.83. The molecule has 0 saturated carbocycles. The second-order valence-electron chi connectivity index (χ2n) is 3.46. The van der Waals surface area contributed by atoms with Crippen molar-refractivity contribution in [2.24, 2.45) is 0 Å². The summed E-state index contributed by atoms with van der Waals surface area (Å²) in [7, 11) is 0. The third-order valence-electron chi connectivity index (χ3n) is 2.21. The zero-order valence-electron chi connectivity index (χ0n) is 10.4. The van der Waals surface area contributed by atoms with E-state index >= 15 is 0 Å². The van der Waals surface area contributed by atoms with E-state index in [0.717, 1.165) is 0 Å². The minimum atomic E-state index is -1.03. The Morgan fingerprint density at radius 1 is 1.05 bits per heavy atom. The molecule has 0 spiro atoms. The zero-order chi connectivity index (χ0) is 15.1. The molecule has 0 heterocycles. The van der Waals surface area contributed by atoms with Crippen molar-refractivity contribution in [2.75, 3.05) is 13.2 Å². The Hall–Kier alpha value is -2.50. The molecule has 0 unspecified atom stereocenters. The smallest absolute Gasteiger partial charge is 0.166 e. The minimum absolute atomic E-state index is 0.0284. The number of hydrogen-bond acceptors (Lipinski definition) is 4. The van der Waals surface area contributed by atoms with Crippen LogP contribution < -0.4 is 9.47 Å². The lowest BCUT2D eigenvalue weighted by Gasteiger charge is -2.14. The average Bonchev–Trinajstić information content (AvgIpc) is 2.45. The summed E-state index contributed by atoms with van der Waals surface area (Å²) in [6.45, 7) is 6.95. The van der Waals surface area contributed by atoms with Crippen LogP contribution in [0, 0.1) is 28.5 Å². The second-order valence-corrected chi connectivity index (χ2v) is 3.84. The summed E-state index contributed by atoms with van der Waals surface area (Å²) in [5.41, 5.74) is -0.890. The Morgan fingerprint density at radius 3 is 1.75 bits per heavy atom. The molecule has 1 rings (SSSR count). The highest BCUT2D eigenvalue weighted by atomic mass is 35.5. The lowest BCUT2D eigenvalue weighted by Crippen LogP contribution is -2.05. The van der Waals surface area contributed by atoms with Crippen molar-refractivity contribution in [3.8, 4) is 23.6 Å². The monoisotopic (exact) mass is 292 g/mol. The Morgan fingerprint density at radius 2 is 1.45 bits per heavy atom. The minimum Gasteiger partial charge on any atom is -0.486 e. The van der Waals surface area contributed by atoms with Crippen LogP contribution in [-0.2, 0) is 0 Å². The molecule has 0 aliphatic rings. The van der Waals surface area contributed by atoms with Gasteiger partial charge in [-0.1, -0.05) is 36.9 Å². The van der Waals surface area contributed by atoms with Gasteiger partial charge < -0.3 is 9.47 Å². The molecule has 0 fully saturated rings. The molecule has 0 N–H and O–H groups in total. The van der Waals surface area contributed by atoms with Crippen LogP contribution in [-0.4, -0.2) is 13.2 Å². The van der Waals surface area contributed by atoms with Crippen molar-refractivity contribution in [1.29, 1.82) is 10.5 Å². The van der Waals surface area contributed by atoms with E-state index in [1.807, 2.05) is 0 Å². The Bertz CT molecular complexity index is 579. The second kappa shape index (κ2) is 7.18. The number of hydrogen-bond donors (Lipinski definition) is 0. The third kappa shape index (κ3) is 2.90. The first kappa shape index (κ1) is 15.6. The SMILES string of the molecule is C=CCOc1c(Cl)c(OCC=C)c(C#N)c(F)c1C#N. The third-order valence-corrected chi connectivity index (χ3v) is 2.55. The standard InChI is InChI=1S/C14H10ClFN2O2/c1-3-5-19-13-9(7-17)12(16)10(8-18)14(11(13)15)20-6-4-2/h3-4H,1-2,5-6H2. The molecular weight excluding hydrogens is 283 g/mol. The van der Waals surface area contributed by atoms with Crippen LogP contribution in [0.3, 0.4) is 0 Å². The maximum Gasteiger partial charge on any atom is 0.166 e. The van der Waals surface area contributed by atoms with Crippen LogP contribution in [0.15, 0.2) is 25.3 Å². The van der Waals surface area contributed by atoms with Crippen molar-refractivity contribution in [3.05, 3.63) is 47.3 Å². The molecule has 0 amide bonds. The number of halogens is 2. The highest BCUT2D eigenvalue weighted by Crippen LogP contribution is 2.41. The van der Waals surface area contributed by atoms with E-state index < -0.39 is 16.9 Å². The van der Waals surface area contributed by atoms with E-state index in [-0.39, 0.29) is 29.7 Å². The van der Waals surface area contributed by atoms with Crippen LogP contribution >= 0.6 is 11.6 Å². The highest BCUT2D eigenvalue weighted by molar-refractivity contribution is 6.34. The fourth-order valence-electron chi connectivity index (χ4n) is 1.40. The highest BCUT2D eigenvalue weighted by Gasteiger charge is 2.25. The summed E-state index contributed by atoms with van der Waals surface area (Å²) >= 11 is 6.03. The quantitative estimate of drug-likeness (QED) is 0.754. The van der Waals surface area contributed by atoms with E-state index in [9.17, 15) is 4.39 Å². The van der Waals surface area contributed by atoms with E-state index in [1.165, 1.54) is 12.2 Å². The average molecular weight is 293 g/mol. The van der Waals surface area contributed by atoms with E-state index in [0.29, 0.717) is 0 Å². The van der Waals surface area contributed by atoms with Crippen molar-refractivity contribution >= 4 is 11.6 Å². The molecule has 0 saturated heterocycles. The summed E-state index contributed by atoms with van der Waals surface area (Å²) < 4.78 is 24.5. The van der Waals surface area contributed by atoms with E-state index in [4.69, 9.17) is 31.6 Å². The summed E-state index contributed by atoms with van der Waals surface area (Å²) in [4.78, 5) is 0. The molecule has 6 heteroatoms. The largest absolute Gasteiger partial charge is 0.486 e. The summed E-state index contributed by atoms with van der Waals surface area (Å²) in [6, 6.07) is 3.25. The van der Waals surface area contributed by atoms with Crippen molar-refractivity contribution in [2.45, 2.75) is 0 Å². The molecule has 102 valence electrons. The van der Waals surface area contributed by atoms with Gasteiger partial charge in [0.1, 0.15) is 41.5 Å². The Balaban J connectivity index is 3.55. The van der Waals surface area contributed by atoms with Gasteiger partial charge >= 0.3 is 0 Å². The Labute approximate surface area is 120 Å². The van der Waals surface area contributed by atoms with Crippen molar-refractivity contribution < 1.29 is 13.9 Å². The maximum absolute atomic E-state index is 14.1. The molecule has 0 aliphatic carbocycles. The molecule has 0 aromatic heterocycles. The topological polar surface area (TPSA) is 66.0 Å². The molecule has 1 aromatic carbocycles. The summed E-state index contributed by atoms with van der Waals surface area (Å²) in [5.74, 6) is -1.38. The van der Waals surface area contributed by atoms with Crippen LogP contribution in [0.2, 0.25) is 5.02 Å². The van der Waals surface area contributed by atoms with E-state index in [2.05, 4.69) is 13.2 Å². The van der Waals surface area contributed by atoms with Gasteiger partial charge in [-0.05, 0) is 0 Å². The van der Waals surface area contributed by atoms with Gasteiger partial charge in [-0.25, -0.2) is 4.39 Å². The Kier molecular flexibility index (Phi) is 5.58. The van der Waals surface area contributed by atoms with Crippen LogP contribution in [0.4, 0.5) is 4.39 Å². The molecule has 0 atom stereocenters. The van der Waals surface area contributed by atoms with Crippen molar-refractivity contribution in [1.82, 2.24) is 0 Å². The maximum atomic E-state index is 14.1. The molecule has 20 heavy (non-hydrogen) atoms. The van der Waals surface area contributed by atoms with Gasteiger partial charge in [0.2, 0.25) is 0 Å². The first-order chi connectivity index (χ1) is 9.62. The van der Waals surface area contributed by atoms with Gasteiger partial charge in [0.15, 0.2) is 17.3 Å². The molecule has 0 bridgehead atoms. The van der Waals surface area contributed by atoms with Gasteiger partial charge in [-0.15, -0.1) is 0 Å². The number of ether oxygens (including phenoxy) is 2. The first-order valence-electron chi connectivity index (χ1n) is 5.44. The zero-order valence-corrected chi connectivity index (χ0v) is 11.2. The lowest BCUT2D eigenvalue weighted by atomic mass is 10.1. The number of rotatable bonds is 6. The van der Waals surface area contributed by atoms with Gasteiger partial charge in [-0.3, -0.25) is 0 Å². The molecular formula is C14H10ClFN2O2. The fraction of sp³-hybridized carbons (Fsp3) is 0.143. The number of nitrogens with zero attached hydrogens (tertiary/aromatic N) is 2. The van der Waals surface area contributed by atoms with Crippen LogP contribution in [0.5, 0.6) is 11.5 Å². The predicted octanol–water partition coefficient (Wildman–Crippen LogP) is 3.35. The summed E-state index contributed by atoms with van der Waals surface area (Å²) in [5, 5.41) is 17.8. The van der Waals surface area contributed by atoms with Gasteiger partial charge in [0.05, 0.1) is 0 Å². The molecule has 0 aliphatic heterocycles. The number of nitriles is 2. The van der Waals surface area contributed by atoms with Crippen LogP contribution in [0.25, 0.3) is 0 Å². The van der Waals surface area contributed by atoms with Crippen LogP contribution in [0.1, 0.15) is 11.1 Å². The first-order valence-corrected chi connectivity index (χ1v) is 5.82. The van der Waals surface area contributed by atoms with Gasteiger partial charge in [0, 0.05) is 0 Å². The number of benzene rings is 1. The fourth-order valence-corrected chi connectivity index (χ4v) is 1.70. The van der Waals surface area contributed by atoms with E-state index in [1.54, 1.807) is 12.1 Å². The molecule has 0 radical (unpaired) electrons. The predicted molar refractivity (Wildman–Crippen MR) is 72.2 cm³/mol. The van der Waals surface area contributed by atoms with Gasteiger partial charge in [0.25, 0.3) is 0 Å². The van der Waals surface area contributed by atoms with Gasteiger partial charge in [-0.2, -0.15) is 10.5 Å².